The number of benzene rings is 2. The molecular formula is C20H21F2N3O2. The van der Waals surface area contributed by atoms with E-state index in [1.165, 1.54) is 25.1 Å². The fourth-order valence-electron chi connectivity index (χ4n) is 3.23. The summed E-state index contributed by atoms with van der Waals surface area (Å²) in [6, 6.07) is 10.6. The van der Waals surface area contributed by atoms with Gasteiger partial charge in [-0.05, 0) is 31.2 Å². The molecule has 1 N–H and O–H groups in total. The highest BCUT2D eigenvalue weighted by atomic mass is 19.1. The largest absolute Gasteiger partial charge is 0.368 e. The molecule has 5 nitrogen and oxygen atoms in total. The highest BCUT2D eigenvalue weighted by molar-refractivity contribution is 6.00. The Morgan fingerprint density at radius 1 is 0.963 bits per heavy atom. The molecule has 0 saturated carbocycles. The van der Waals surface area contributed by atoms with Crippen molar-refractivity contribution in [2.45, 2.75) is 6.92 Å². The number of hydrogen-bond donors (Lipinski definition) is 1. The number of carbonyl (C=O) groups excluding carboxylic acids is 2. The lowest BCUT2D eigenvalue weighted by molar-refractivity contribution is -0.117. The average Bonchev–Trinajstić information content (AvgIpc) is 2.64. The van der Waals surface area contributed by atoms with E-state index in [2.05, 4.69) is 5.32 Å². The van der Waals surface area contributed by atoms with Crippen LogP contribution in [0.15, 0.2) is 42.5 Å². The number of nitrogens with zero attached hydrogens (tertiary/aromatic N) is 2. The summed E-state index contributed by atoms with van der Waals surface area (Å²) in [6.45, 7) is 3.79. The monoisotopic (exact) mass is 373 g/mol. The van der Waals surface area contributed by atoms with E-state index in [1.54, 1.807) is 24.3 Å². The quantitative estimate of drug-likeness (QED) is 0.819. The number of carbonyl (C=O) groups is 2. The van der Waals surface area contributed by atoms with Gasteiger partial charge in [0, 0.05) is 26.2 Å². The van der Waals surface area contributed by atoms with Gasteiger partial charge in [0.15, 0.2) is 5.78 Å². The molecule has 2 aromatic carbocycles. The highest BCUT2D eigenvalue weighted by Gasteiger charge is 2.23. The van der Waals surface area contributed by atoms with Gasteiger partial charge < -0.3 is 10.2 Å². The number of Topliss-reactive ketones (excluding diaryl/α,β-unsaturated/α-hetero) is 1. The number of nitrogens with one attached hydrogen (secondary N) is 1. The first-order valence-electron chi connectivity index (χ1n) is 8.77. The second-order valence-electron chi connectivity index (χ2n) is 6.48. The van der Waals surface area contributed by atoms with Crippen LogP contribution in [0.2, 0.25) is 0 Å². The second-order valence-corrected chi connectivity index (χ2v) is 6.48. The molecule has 1 fully saturated rings. The summed E-state index contributed by atoms with van der Waals surface area (Å²) in [5.74, 6) is -1.59. The number of anilines is 2. The fraction of sp³-hybridized carbons (Fsp3) is 0.300. The third-order valence-electron chi connectivity index (χ3n) is 4.57. The summed E-state index contributed by atoms with van der Waals surface area (Å²) in [5, 5.41) is 2.57. The van der Waals surface area contributed by atoms with Crippen molar-refractivity contribution in [3.05, 3.63) is 59.7 Å². The van der Waals surface area contributed by atoms with Gasteiger partial charge in [0.25, 0.3) is 0 Å². The van der Waals surface area contributed by atoms with Crippen LogP contribution in [0.4, 0.5) is 20.2 Å². The van der Waals surface area contributed by atoms with Crippen LogP contribution in [0.1, 0.15) is 17.3 Å². The number of para-hydroxylation sites is 1. The molecule has 1 amide bonds. The summed E-state index contributed by atoms with van der Waals surface area (Å²) in [6.07, 6.45) is 0. The van der Waals surface area contributed by atoms with Crippen LogP contribution < -0.4 is 10.2 Å². The van der Waals surface area contributed by atoms with Crippen molar-refractivity contribution in [3.8, 4) is 0 Å². The molecule has 2 aromatic rings. The van der Waals surface area contributed by atoms with Crippen LogP contribution >= 0.6 is 0 Å². The van der Waals surface area contributed by atoms with Crippen molar-refractivity contribution in [2.75, 3.05) is 42.9 Å². The van der Waals surface area contributed by atoms with E-state index in [1.807, 2.05) is 9.80 Å². The van der Waals surface area contributed by atoms with Crippen molar-refractivity contribution in [1.29, 1.82) is 0 Å². The van der Waals surface area contributed by atoms with Crippen LogP contribution in [-0.4, -0.2) is 49.3 Å². The number of halogens is 2. The minimum atomic E-state index is -0.522. The van der Waals surface area contributed by atoms with E-state index in [0.717, 1.165) is 0 Å². The van der Waals surface area contributed by atoms with Crippen molar-refractivity contribution in [1.82, 2.24) is 4.90 Å². The second kappa shape index (κ2) is 8.26. The number of ketones is 1. The molecule has 0 aromatic heterocycles. The Morgan fingerprint density at radius 3 is 2.30 bits per heavy atom. The molecule has 3 rings (SSSR count). The van der Waals surface area contributed by atoms with E-state index in [4.69, 9.17) is 0 Å². The summed E-state index contributed by atoms with van der Waals surface area (Å²) < 4.78 is 27.6. The molecule has 0 unspecified atom stereocenters. The first kappa shape index (κ1) is 19.0. The first-order chi connectivity index (χ1) is 13.0. The first-order valence-corrected chi connectivity index (χ1v) is 8.77. The molecule has 1 saturated heterocycles. The minimum absolute atomic E-state index is 0.100. The Kier molecular flexibility index (Phi) is 5.81. The van der Waals surface area contributed by atoms with Crippen molar-refractivity contribution in [2.24, 2.45) is 0 Å². The van der Waals surface area contributed by atoms with Crippen molar-refractivity contribution < 1.29 is 18.4 Å². The average molecular weight is 373 g/mol. The maximum atomic E-state index is 14.0. The topological polar surface area (TPSA) is 52.7 Å². The number of piperazine rings is 1. The Bertz CT molecular complexity index is 849. The minimum Gasteiger partial charge on any atom is -0.368 e. The molecule has 0 atom stereocenters. The zero-order valence-electron chi connectivity index (χ0n) is 15.0. The molecule has 0 spiro atoms. The third-order valence-corrected chi connectivity index (χ3v) is 4.57. The highest BCUT2D eigenvalue weighted by Crippen LogP contribution is 2.25. The molecule has 0 aliphatic carbocycles. The van der Waals surface area contributed by atoms with Crippen LogP contribution in [-0.2, 0) is 4.79 Å². The molecule has 1 aliphatic heterocycles. The lowest BCUT2D eigenvalue weighted by atomic mass is 10.1. The molecule has 142 valence electrons. The van der Waals surface area contributed by atoms with Gasteiger partial charge in [0.05, 0.1) is 23.5 Å². The third kappa shape index (κ3) is 4.49. The van der Waals surface area contributed by atoms with Crippen LogP contribution in [0.5, 0.6) is 0 Å². The summed E-state index contributed by atoms with van der Waals surface area (Å²) in [7, 11) is 0. The van der Waals surface area contributed by atoms with Gasteiger partial charge in [0.1, 0.15) is 11.6 Å². The lowest BCUT2D eigenvalue weighted by Crippen LogP contribution is -2.49. The van der Waals surface area contributed by atoms with Gasteiger partial charge in [-0.3, -0.25) is 14.5 Å². The Morgan fingerprint density at radius 2 is 1.63 bits per heavy atom. The molecule has 1 aliphatic rings. The zero-order chi connectivity index (χ0) is 19.4. The van der Waals surface area contributed by atoms with Gasteiger partial charge in [-0.15, -0.1) is 0 Å². The maximum Gasteiger partial charge on any atom is 0.238 e. The predicted molar refractivity (Wildman–Crippen MR) is 100 cm³/mol. The molecule has 7 heteroatoms. The number of amides is 1. The number of rotatable bonds is 5. The van der Waals surface area contributed by atoms with Gasteiger partial charge in [0.2, 0.25) is 5.91 Å². The van der Waals surface area contributed by atoms with E-state index in [-0.39, 0.29) is 29.5 Å². The summed E-state index contributed by atoms with van der Waals surface area (Å²) in [5.41, 5.74) is 0.841. The molecule has 0 radical (unpaired) electrons. The standard InChI is InChI=1S/C20H21F2N3O2/c1-14(26)20-16(22)6-4-8-18(20)25-11-9-24(10-12-25)13-19(27)23-17-7-3-2-5-15(17)21/h2-8H,9-13H2,1H3,(H,23,27). The van der Waals surface area contributed by atoms with Crippen molar-refractivity contribution >= 4 is 23.1 Å². The normalized spacial score (nSPS) is 14.9. The van der Waals surface area contributed by atoms with Crippen molar-refractivity contribution in [3.63, 3.8) is 0 Å². The Hall–Kier alpha value is -2.80. The number of hydrogen-bond acceptors (Lipinski definition) is 4. The zero-order valence-corrected chi connectivity index (χ0v) is 15.0. The maximum absolute atomic E-state index is 14.0. The summed E-state index contributed by atoms with van der Waals surface area (Å²) >= 11 is 0. The molecule has 0 bridgehead atoms. The molecule has 1 heterocycles. The van der Waals surface area contributed by atoms with Crippen LogP contribution in [0.3, 0.4) is 0 Å². The van der Waals surface area contributed by atoms with E-state index in [9.17, 15) is 18.4 Å². The fourth-order valence-corrected chi connectivity index (χ4v) is 3.23. The summed E-state index contributed by atoms with van der Waals surface area (Å²) in [4.78, 5) is 27.8. The Labute approximate surface area is 156 Å². The lowest BCUT2D eigenvalue weighted by Gasteiger charge is -2.36. The SMILES string of the molecule is CC(=O)c1c(F)cccc1N1CCN(CC(=O)Nc2ccccc2F)CC1. The van der Waals surface area contributed by atoms with Crippen LogP contribution in [0.25, 0.3) is 0 Å². The Balaban J connectivity index is 1.58. The predicted octanol–water partition coefficient (Wildman–Crippen LogP) is 2.93. The molecular weight excluding hydrogens is 352 g/mol. The smallest absolute Gasteiger partial charge is 0.238 e. The van der Waals surface area contributed by atoms with E-state index < -0.39 is 11.6 Å². The van der Waals surface area contributed by atoms with Gasteiger partial charge >= 0.3 is 0 Å². The van der Waals surface area contributed by atoms with Crippen LogP contribution in [0, 0.1) is 11.6 Å². The van der Waals surface area contributed by atoms with Gasteiger partial charge in [-0.2, -0.15) is 0 Å². The van der Waals surface area contributed by atoms with Gasteiger partial charge in [-0.25, -0.2) is 8.78 Å². The van der Waals surface area contributed by atoms with E-state index >= 15 is 0 Å². The van der Waals surface area contributed by atoms with E-state index in [0.29, 0.717) is 31.9 Å². The molecule has 27 heavy (non-hydrogen) atoms. The van der Waals surface area contributed by atoms with Gasteiger partial charge in [-0.1, -0.05) is 18.2 Å².